The van der Waals surface area contributed by atoms with E-state index in [0.717, 1.165) is 12.1 Å². The highest BCUT2D eigenvalue weighted by Crippen LogP contribution is 2.22. The molecule has 0 atom stereocenters. The van der Waals surface area contributed by atoms with E-state index in [4.69, 9.17) is 4.74 Å². The molecule has 1 N–H and O–H groups in total. The second-order valence-corrected chi connectivity index (χ2v) is 6.86. The van der Waals surface area contributed by atoms with Crippen molar-refractivity contribution < 1.29 is 26.7 Å². The van der Waals surface area contributed by atoms with Crippen LogP contribution in [0.15, 0.2) is 47.6 Å². The normalized spacial score (nSPS) is 11.5. The molecule has 0 saturated carbocycles. The molecule has 0 spiro atoms. The molecule has 26 heavy (non-hydrogen) atoms. The standard InChI is InChI=1S/C16H13F2N3O4S/c1-2-25-16(22)12-9-19-21-6-5-11(8-14(12)21)20-26(23,24)15-7-10(17)3-4-13(15)18/h3-9,20H,2H2,1H3. The molecule has 0 bridgehead atoms. The highest BCUT2D eigenvalue weighted by Gasteiger charge is 2.21. The maximum Gasteiger partial charge on any atom is 0.341 e. The van der Waals surface area contributed by atoms with Gasteiger partial charge in [0.2, 0.25) is 0 Å². The van der Waals surface area contributed by atoms with Crippen LogP contribution in [0, 0.1) is 11.6 Å². The van der Waals surface area contributed by atoms with Gasteiger partial charge in [0.15, 0.2) is 0 Å². The van der Waals surface area contributed by atoms with Crippen molar-refractivity contribution in [2.45, 2.75) is 11.8 Å². The SMILES string of the molecule is CCOC(=O)c1cnn2ccc(NS(=O)(=O)c3cc(F)ccc3F)cc12. The average Bonchev–Trinajstić information content (AvgIpc) is 3.00. The van der Waals surface area contributed by atoms with Gasteiger partial charge < -0.3 is 4.74 Å². The van der Waals surface area contributed by atoms with E-state index < -0.39 is 32.5 Å². The second kappa shape index (κ2) is 6.71. The zero-order valence-electron chi connectivity index (χ0n) is 13.4. The van der Waals surface area contributed by atoms with Crippen molar-refractivity contribution in [2.75, 3.05) is 11.3 Å². The lowest BCUT2D eigenvalue weighted by atomic mass is 10.2. The minimum atomic E-state index is -4.37. The highest BCUT2D eigenvalue weighted by atomic mass is 32.2. The maximum absolute atomic E-state index is 13.8. The molecule has 0 radical (unpaired) electrons. The van der Waals surface area contributed by atoms with Crippen molar-refractivity contribution in [2.24, 2.45) is 0 Å². The Hall–Kier alpha value is -3.01. The van der Waals surface area contributed by atoms with E-state index in [9.17, 15) is 22.0 Å². The number of ether oxygens (including phenoxy) is 1. The van der Waals surface area contributed by atoms with Gasteiger partial charge >= 0.3 is 5.97 Å². The van der Waals surface area contributed by atoms with Crippen LogP contribution in [-0.4, -0.2) is 30.6 Å². The minimum absolute atomic E-state index is 0.0483. The van der Waals surface area contributed by atoms with E-state index in [-0.39, 0.29) is 17.9 Å². The fourth-order valence-electron chi connectivity index (χ4n) is 2.30. The predicted molar refractivity (Wildman–Crippen MR) is 88.3 cm³/mol. The third-order valence-corrected chi connectivity index (χ3v) is 4.85. The number of sulfonamides is 1. The smallest absolute Gasteiger partial charge is 0.341 e. The molecule has 1 aromatic carbocycles. The molecule has 0 saturated heterocycles. The number of benzene rings is 1. The Morgan fingerprint density at radius 2 is 2.04 bits per heavy atom. The van der Waals surface area contributed by atoms with Crippen molar-refractivity contribution in [3.63, 3.8) is 0 Å². The van der Waals surface area contributed by atoms with Crippen LogP contribution in [0.5, 0.6) is 0 Å². The van der Waals surface area contributed by atoms with Crippen LogP contribution in [0.1, 0.15) is 17.3 Å². The first kappa shape index (κ1) is 17.8. The fraction of sp³-hybridized carbons (Fsp3) is 0.125. The molecule has 10 heteroatoms. The third-order valence-electron chi connectivity index (χ3n) is 3.45. The van der Waals surface area contributed by atoms with Gasteiger partial charge in [-0.05, 0) is 37.3 Å². The number of pyridine rings is 1. The van der Waals surface area contributed by atoms with Gasteiger partial charge in [0.25, 0.3) is 10.0 Å². The Morgan fingerprint density at radius 3 is 2.77 bits per heavy atom. The van der Waals surface area contributed by atoms with Crippen molar-refractivity contribution in [3.05, 3.63) is 59.9 Å². The lowest BCUT2D eigenvalue weighted by Gasteiger charge is -2.09. The topological polar surface area (TPSA) is 89.8 Å². The zero-order chi connectivity index (χ0) is 18.9. The average molecular weight is 381 g/mol. The van der Waals surface area contributed by atoms with Crippen molar-refractivity contribution in [3.8, 4) is 0 Å². The molecule has 0 fully saturated rings. The molecular weight excluding hydrogens is 368 g/mol. The summed E-state index contributed by atoms with van der Waals surface area (Å²) >= 11 is 0. The van der Waals surface area contributed by atoms with Crippen molar-refractivity contribution in [1.29, 1.82) is 0 Å². The Kier molecular flexibility index (Phi) is 4.60. The molecule has 3 aromatic rings. The van der Waals surface area contributed by atoms with Crippen LogP contribution in [0.3, 0.4) is 0 Å². The number of esters is 1. The quantitative estimate of drug-likeness (QED) is 0.686. The Bertz CT molecular complexity index is 1100. The molecule has 0 aliphatic carbocycles. The first-order chi connectivity index (χ1) is 12.3. The number of carbonyl (C=O) groups is 1. The van der Waals surface area contributed by atoms with E-state index in [2.05, 4.69) is 9.82 Å². The van der Waals surface area contributed by atoms with Crippen LogP contribution < -0.4 is 4.72 Å². The van der Waals surface area contributed by atoms with E-state index >= 15 is 0 Å². The monoisotopic (exact) mass is 381 g/mol. The third kappa shape index (κ3) is 3.36. The Labute approximate surface area is 147 Å². The van der Waals surface area contributed by atoms with E-state index in [1.807, 2.05) is 0 Å². The van der Waals surface area contributed by atoms with Crippen molar-refractivity contribution in [1.82, 2.24) is 9.61 Å². The van der Waals surface area contributed by atoms with E-state index in [1.165, 1.54) is 29.0 Å². The molecule has 7 nitrogen and oxygen atoms in total. The van der Waals surface area contributed by atoms with Gasteiger partial charge in [0, 0.05) is 6.20 Å². The van der Waals surface area contributed by atoms with Gasteiger partial charge in [-0.1, -0.05) is 0 Å². The fourth-order valence-corrected chi connectivity index (χ4v) is 3.44. The number of fused-ring (bicyclic) bond motifs is 1. The molecule has 3 rings (SSSR count). The summed E-state index contributed by atoms with van der Waals surface area (Å²) in [5, 5.41) is 3.97. The highest BCUT2D eigenvalue weighted by molar-refractivity contribution is 7.92. The molecule has 0 amide bonds. The van der Waals surface area contributed by atoms with Gasteiger partial charge in [0.1, 0.15) is 22.1 Å². The predicted octanol–water partition coefficient (Wildman–Crippen LogP) is 2.59. The lowest BCUT2D eigenvalue weighted by molar-refractivity contribution is 0.0528. The number of hydrogen-bond donors (Lipinski definition) is 1. The summed E-state index contributed by atoms with van der Waals surface area (Å²) in [6.45, 7) is 1.82. The number of carbonyl (C=O) groups excluding carboxylic acids is 1. The largest absolute Gasteiger partial charge is 0.462 e. The Balaban J connectivity index is 1.99. The number of hydrogen-bond acceptors (Lipinski definition) is 5. The molecule has 2 aromatic heterocycles. The van der Waals surface area contributed by atoms with E-state index in [1.54, 1.807) is 6.92 Å². The summed E-state index contributed by atoms with van der Waals surface area (Å²) in [4.78, 5) is 11.1. The van der Waals surface area contributed by atoms with Gasteiger partial charge in [-0.25, -0.2) is 26.5 Å². The first-order valence-electron chi connectivity index (χ1n) is 7.44. The maximum atomic E-state index is 13.8. The van der Waals surface area contributed by atoms with Crippen LogP contribution >= 0.6 is 0 Å². The Morgan fingerprint density at radius 1 is 1.27 bits per heavy atom. The summed E-state index contributed by atoms with van der Waals surface area (Å²) in [6, 6.07) is 4.83. The summed E-state index contributed by atoms with van der Waals surface area (Å²) in [6.07, 6.45) is 2.70. The number of rotatable bonds is 5. The molecule has 0 unspecified atom stereocenters. The van der Waals surface area contributed by atoms with E-state index in [0.29, 0.717) is 11.6 Å². The lowest BCUT2D eigenvalue weighted by Crippen LogP contribution is -2.15. The van der Waals surface area contributed by atoms with Gasteiger partial charge in [-0.2, -0.15) is 5.10 Å². The summed E-state index contributed by atoms with van der Waals surface area (Å²) < 4.78 is 60.1. The molecule has 0 aliphatic heterocycles. The summed E-state index contributed by atoms with van der Waals surface area (Å²) in [5.41, 5.74) is 0.486. The molecule has 0 aliphatic rings. The molecule has 2 heterocycles. The van der Waals surface area contributed by atoms with Crippen LogP contribution in [0.2, 0.25) is 0 Å². The second-order valence-electron chi connectivity index (χ2n) is 5.20. The number of nitrogens with zero attached hydrogens (tertiary/aromatic N) is 2. The number of halogens is 2. The number of nitrogens with one attached hydrogen (secondary N) is 1. The van der Waals surface area contributed by atoms with Gasteiger partial charge in [-0.3, -0.25) is 4.72 Å². The molecule has 136 valence electrons. The number of anilines is 1. The zero-order valence-corrected chi connectivity index (χ0v) is 14.3. The van der Waals surface area contributed by atoms with Crippen LogP contribution in [0.25, 0.3) is 5.52 Å². The summed E-state index contributed by atoms with van der Waals surface area (Å²) in [5.74, 6) is -2.59. The van der Waals surface area contributed by atoms with Gasteiger partial charge in [-0.15, -0.1) is 0 Å². The number of aromatic nitrogens is 2. The summed E-state index contributed by atoms with van der Waals surface area (Å²) in [7, 11) is -4.37. The minimum Gasteiger partial charge on any atom is -0.462 e. The van der Waals surface area contributed by atoms with Crippen LogP contribution in [-0.2, 0) is 14.8 Å². The molecular formula is C16H13F2N3O4S. The van der Waals surface area contributed by atoms with Gasteiger partial charge in [0.05, 0.1) is 24.0 Å². The van der Waals surface area contributed by atoms with Crippen LogP contribution in [0.4, 0.5) is 14.5 Å². The van der Waals surface area contributed by atoms with Crippen molar-refractivity contribution >= 4 is 27.2 Å². The first-order valence-corrected chi connectivity index (χ1v) is 8.92.